The molecule has 0 aromatic heterocycles. The van der Waals surface area contributed by atoms with Crippen molar-refractivity contribution in [3.8, 4) is 6.07 Å². The summed E-state index contributed by atoms with van der Waals surface area (Å²) >= 11 is 0. The largest absolute Gasteiger partial charge is 0.361 e. The molecule has 0 amide bonds. The van der Waals surface area contributed by atoms with E-state index < -0.39 is 16.3 Å². The highest BCUT2D eigenvalue weighted by atomic mass is 32.2. The number of rotatable bonds is 4. The maximum absolute atomic E-state index is 12.1. The summed E-state index contributed by atoms with van der Waals surface area (Å²) in [5.41, 5.74) is 0. The second kappa shape index (κ2) is 5.59. The van der Waals surface area contributed by atoms with Gasteiger partial charge in [0.2, 0.25) is 0 Å². The van der Waals surface area contributed by atoms with E-state index in [-0.39, 0.29) is 13.2 Å². The average Bonchev–Trinajstić information content (AvgIpc) is 2.30. The van der Waals surface area contributed by atoms with Gasteiger partial charge in [-0.05, 0) is 0 Å². The number of nitriles is 1. The van der Waals surface area contributed by atoms with E-state index in [1.165, 1.54) is 8.61 Å². The van der Waals surface area contributed by atoms with Gasteiger partial charge in [-0.1, -0.05) is 13.8 Å². The molecule has 0 radical (unpaired) electrons. The Morgan fingerprint density at radius 2 is 2.12 bits per heavy atom. The van der Waals surface area contributed by atoms with Crippen molar-refractivity contribution in [1.29, 1.82) is 5.26 Å². The van der Waals surface area contributed by atoms with Crippen LogP contribution >= 0.6 is 0 Å². The molecule has 1 fully saturated rings. The fourth-order valence-electron chi connectivity index (χ4n) is 1.63. The van der Waals surface area contributed by atoms with Gasteiger partial charge in [0.15, 0.2) is 6.10 Å². The monoisotopic (exact) mass is 247 g/mol. The summed E-state index contributed by atoms with van der Waals surface area (Å²) in [6.07, 6.45) is -0.654. The molecule has 0 N–H and O–H groups in total. The van der Waals surface area contributed by atoms with Crippen LogP contribution in [0.4, 0.5) is 0 Å². The van der Waals surface area contributed by atoms with Crippen molar-refractivity contribution in [2.45, 2.75) is 20.0 Å². The topological polar surface area (TPSA) is 73.6 Å². The zero-order valence-electron chi connectivity index (χ0n) is 9.59. The van der Waals surface area contributed by atoms with Crippen LogP contribution in [0.1, 0.15) is 13.8 Å². The van der Waals surface area contributed by atoms with Crippen molar-refractivity contribution in [2.75, 3.05) is 32.8 Å². The highest BCUT2D eigenvalue weighted by Gasteiger charge is 2.32. The molecule has 92 valence electrons. The Balaban J connectivity index is 2.79. The van der Waals surface area contributed by atoms with Crippen molar-refractivity contribution in [1.82, 2.24) is 8.61 Å². The van der Waals surface area contributed by atoms with E-state index in [9.17, 15) is 8.42 Å². The molecule has 16 heavy (non-hydrogen) atoms. The lowest BCUT2D eigenvalue weighted by molar-refractivity contribution is 0.0291. The Kier molecular flexibility index (Phi) is 4.68. The standard InChI is InChI=1S/C9H17N3O3S/c1-3-11(4-2)16(13,14)12-5-6-15-9(7-10)8-12/h9H,3-6,8H2,1-2H3. The van der Waals surface area contributed by atoms with Crippen LogP contribution in [0.5, 0.6) is 0 Å². The first-order valence-electron chi connectivity index (χ1n) is 5.32. The van der Waals surface area contributed by atoms with E-state index in [0.29, 0.717) is 19.6 Å². The summed E-state index contributed by atoms with van der Waals surface area (Å²) in [7, 11) is -3.43. The summed E-state index contributed by atoms with van der Waals surface area (Å²) < 4.78 is 32.0. The Morgan fingerprint density at radius 1 is 1.50 bits per heavy atom. The zero-order chi connectivity index (χ0) is 12.2. The molecule has 0 aromatic rings. The van der Waals surface area contributed by atoms with Crippen LogP contribution in [0.2, 0.25) is 0 Å². The molecule has 1 atom stereocenters. The molecule has 1 aliphatic rings. The van der Waals surface area contributed by atoms with E-state index in [4.69, 9.17) is 10.00 Å². The van der Waals surface area contributed by atoms with Gasteiger partial charge in [0.1, 0.15) is 0 Å². The second-order valence-corrected chi connectivity index (χ2v) is 5.37. The molecular formula is C9H17N3O3S. The molecule has 0 aromatic carbocycles. The van der Waals surface area contributed by atoms with Gasteiger partial charge in [0, 0.05) is 19.6 Å². The van der Waals surface area contributed by atoms with Gasteiger partial charge in [-0.25, -0.2) is 0 Å². The smallest absolute Gasteiger partial charge is 0.282 e. The second-order valence-electron chi connectivity index (χ2n) is 3.44. The van der Waals surface area contributed by atoms with Crippen LogP contribution in [0.3, 0.4) is 0 Å². The fourth-order valence-corrected chi connectivity index (χ4v) is 3.23. The Bertz CT molecular complexity index is 359. The average molecular weight is 247 g/mol. The number of ether oxygens (including phenoxy) is 1. The third kappa shape index (κ3) is 2.71. The Morgan fingerprint density at radius 3 is 2.62 bits per heavy atom. The summed E-state index contributed by atoms with van der Waals surface area (Å²) in [5, 5.41) is 8.72. The van der Waals surface area contributed by atoms with Crippen molar-refractivity contribution in [3.05, 3.63) is 0 Å². The SMILES string of the molecule is CCN(CC)S(=O)(=O)N1CCOC(C#N)C1. The van der Waals surface area contributed by atoms with Crippen LogP contribution in [0.25, 0.3) is 0 Å². The zero-order valence-corrected chi connectivity index (χ0v) is 10.4. The summed E-state index contributed by atoms with van der Waals surface area (Å²) in [6, 6.07) is 1.93. The maximum atomic E-state index is 12.1. The Hall–Kier alpha value is -0.680. The lowest BCUT2D eigenvalue weighted by Gasteiger charge is -2.32. The van der Waals surface area contributed by atoms with E-state index in [0.717, 1.165) is 0 Å². The van der Waals surface area contributed by atoms with E-state index in [1.807, 2.05) is 6.07 Å². The molecule has 1 unspecified atom stereocenters. The third-order valence-corrected chi connectivity index (χ3v) is 4.68. The van der Waals surface area contributed by atoms with E-state index in [1.54, 1.807) is 13.8 Å². The van der Waals surface area contributed by atoms with Crippen LogP contribution in [0.15, 0.2) is 0 Å². The molecular weight excluding hydrogens is 230 g/mol. The molecule has 6 nitrogen and oxygen atoms in total. The van der Waals surface area contributed by atoms with Crippen LogP contribution < -0.4 is 0 Å². The van der Waals surface area contributed by atoms with E-state index in [2.05, 4.69) is 0 Å². The minimum atomic E-state index is -3.43. The van der Waals surface area contributed by atoms with Gasteiger partial charge in [-0.15, -0.1) is 0 Å². The molecule has 1 saturated heterocycles. The van der Waals surface area contributed by atoms with Crippen LogP contribution in [0, 0.1) is 11.3 Å². The number of hydrogen-bond donors (Lipinski definition) is 0. The normalized spacial score (nSPS) is 23.2. The molecule has 1 heterocycles. The maximum Gasteiger partial charge on any atom is 0.282 e. The van der Waals surface area contributed by atoms with Gasteiger partial charge in [0.05, 0.1) is 19.2 Å². The lowest BCUT2D eigenvalue weighted by atomic mass is 10.3. The molecule has 0 spiro atoms. The van der Waals surface area contributed by atoms with Crippen molar-refractivity contribution in [2.24, 2.45) is 0 Å². The predicted octanol–water partition coefficient (Wildman–Crippen LogP) is -0.203. The lowest BCUT2D eigenvalue weighted by Crippen LogP contribution is -2.50. The van der Waals surface area contributed by atoms with Crippen molar-refractivity contribution in [3.63, 3.8) is 0 Å². The highest BCUT2D eigenvalue weighted by molar-refractivity contribution is 7.86. The van der Waals surface area contributed by atoms with Gasteiger partial charge in [-0.2, -0.15) is 22.3 Å². The van der Waals surface area contributed by atoms with Crippen LogP contribution in [-0.2, 0) is 14.9 Å². The van der Waals surface area contributed by atoms with Gasteiger partial charge < -0.3 is 4.74 Å². The highest BCUT2D eigenvalue weighted by Crippen LogP contribution is 2.13. The first kappa shape index (κ1) is 13.4. The van der Waals surface area contributed by atoms with Gasteiger partial charge in [-0.3, -0.25) is 0 Å². The first-order valence-corrected chi connectivity index (χ1v) is 6.72. The van der Waals surface area contributed by atoms with Gasteiger partial charge in [0.25, 0.3) is 10.2 Å². The van der Waals surface area contributed by atoms with Crippen LogP contribution in [-0.4, -0.2) is 55.9 Å². The van der Waals surface area contributed by atoms with Crippen molar-refractivity contribution >= 4 is 10.2 Å². The number of hydrogen-bond acceptors (Lipinski definition) is 4. The molecule has 0 saturated carbocycles. The molecule has 0 bridgehead atoms. The molecule has 0 aliphatic carbocycles. The van der Waals surface area contributed by atoms with E-state index >= 15 is 0 Å². The number of morpholine rings is 1. The summed E-state index contributed by atoms with van der Waals surface area (Å²) in [5.74, 6) is 0. The number of nitrogens with zero attached hydrogens (tertiary/aromatic N) is 3. The predicted molar refractivity (Wildman–Crippen MR) is 58.8 cm³/mol. The quantitative estimate of drug-likeness (QED) is 0.689. The molecule has 1 rings (SSSR count). The summed E-state index contributed by atoms with van der Waals surface area (Å²) in [4.78, 5) is 0. The minimum absolute atomic E-state index is 0.120. The third-order valence-electron chi connectivity index (χ3n) is 2.53. The minimum Gasteiger partial charge on any atom is -0.361 e. The van der Waals surface area contributed by atoms with Crippen molar-refractivity contribution < 1.29 is 13.2 Å². The molecule has 1 aliphatic heterocycles. The summed E-state index contributed by atoms with van der Waals surface area (Å²) in [6.45, 7) is 5.18. The van der Waals surface area contributed by atoms with Gasteiger partial charge >= 0.3 is 0 Å². The fraction of sp³-hybridized carbons (Fsp3) is 0.889. The first-order chi connectivity index (χ1) is 7.56. The Labute approximate surface area is 96.6 Å². The molecule has 7 heteroatoms.